The van der Waals surface area contributed by atoms with E-state index in [9.17, 15) is 9.59 Å². The van der Waals surface area contributed by atoms with Gasteiger partial charge in [-0.2, -0.15) is 0 Å². The van der Waals surface area contributed by atoms with Gasteiger partial charge in [-0.3, -0.25) is 15.0 Å². The largest absolute Gasteiger partial charge is 0.335 e. The lowest BCUT2D eigenvalue weighted by Crippen LogP contribution is -2.67. The minimum Gasteiger partial charge on any atom is -0.335 e. The van der Waals surface area contributed by atoms with Gasteiger partial charge in [-0.05, 0) is 56.8 Å². The number of carbonyl (C=O) groups is 2. The SMILES string of the molecule is CC(=O)N1C2CCC(C3CNN(CC(C)C)C3)CC2N(C(=O)C2CC2)C[C@@H]1C. The Morgan fingerprint density at radius 3 is 2.43 bits per heavy atom. The van der Waals surface area contributed by atoms with E-state index in [1.165, 1.54) is 6.42 Å². The fraction of sp³-hybridized carbons (Fsp3) is 0.909. The molecule has 4 rings (SSSR count). The molecule has 158 valence electrons. The maximum absolute atomic E-state index is 13.0. The summed E-state index contributed by atoms with van der Waals surface area (Å²) in [5, 5.41) is 2.39. The van der Waals surface area contributed by atoms with Crippen molar-refractivity contribution in [3.63, 3.8) is 0 Å². The van der Waals surface area contributed by atoms with Gasteiger partial charge < -0.3 is 9.80 Å². The Bertz CT molecular complexity index is 605. The summed E-state index contributed by atoms with van der Waals surface area (Å²) in [7, 11) is 0. The molecule has 0 aromatic carbocycles. The molecular formula is C22H38N4O2. The maximum atomic E-state index is 13.0. The van der Waals surface area contributed by atoms with Gasteiger partial charge in [0.15, 0.2) is 0 Å². The Labute approximate surface area is 170 Å². The fourth-order valence-corrected chi connectivity index (χ4v) is 6.00. The average molecular weight is 391 g/mol. The third-order valence-corrected chi connectivity index (χ3v) is 7.37. The number of amides is 2. The second-order valence-electron chi connectivity index (χ2n) is 10.2. The summed E-state index contributed by atoms with van der Waals surface area (Å²) in [6.07, 6.45) is 5.37. The van der Waals surface area contributed by atoms with Crippen molar-refractivity contribution < 1.29 is 9.59 Å². The van der Waals surface area contributed by atoms with Crippen LogP contribution in [-0.4, -0.2) is 70.9 Å². The van der Waals surface area contributed by atoms with Crippen LogP contribution >= 0.6 is 0 Å². The summed E-state index contributed by atoms with van der Waals surface area (Å²) in [5.74, 6) is 2.75. The van der Waals surface area contributed by atoms with E-state index in [0.717, 1.165) is 45.3 Å². The molecule has 5 atom stereocenters. The van der Waals surface area contributed by atoms with Gasteiger partial charge in [0.25, 0.3) is 0 Å². The summed E-state index contributed by atoms with van der Waals surface area (Å²) >= 11 is 0. The summed E-state index contributed by atoms with van der Waals surface area (Å²) in [6.45, 7) is 12.3. The molecule has 4 fully saturated rings. The topological polar surface area (TPSA) is 55.9 Å². The molecule has 0 aromatic heterocycles. The molecular weight excluding hydrogens is 352 g/mol. The lowest BCUT2D eigenvalue weighted by Gasteiger charge is -2.54. The number of carbonyl (C=O) groups excluding carboxylic acids is 2. The van der Waals surface area contributed by atoms with Crippen LogP contribution in [0.5, 0.6) is 0 Å². The standard InChI is InChI=1S/C22H38N4O2/c1-14(2)11-24-13-19(10-23-24)18-7-8-20-21(9-18)25(22(28)17-5-6-17)12-15(3)26(20)16(4)27/h14-15,17-21,23H,5-13H2,1-4H3/t15-,18?,19?,20?,21?/m0/s1. The quantitative estimate of drug-likeness (QED) is 0.799. The molecule has 28 heavy (non-hydrogen) atoms. The van der Waals surface area contributed by atoms with E-state index in [4.69, 9.17) is 0 Å². The highest BCUT2D eigenvalue weighted by Gasteiger charge is 2.49. The van der Waals surface area contributed by atoms with E-state index < -0.39 is 0 Å². The summed E-state index contributed by atoms with van der Waals surface area (Å²) in [6, 6.07) is 0.556. The first-order valence-electron chi connectivity index (χ1n) is 11.4. The zero-order valence-corrected chi connectivity index (χ0v) is 18.1. The number of hydrogen-bond acceptors (Lipinski definition) is 4. The molecule has 0 spiro atoms. The molecule has 2 aliphatic carbocycles. The van der Waals surface area contributed by atoms with E-state index in [2.05, 4.69) is 41.0 Å². The van der Waals surface area contributed by atoms with Crippen LogP contribution in [0.25, 0.3) is 0 Å². The Kier molecular flexibility index (Phi) is 5.71. The van der Waals surface area contributed by atoms with E-state index in [-0.39, 0.29) is 30.0 Å². The molecule has 2 saturated heterocycles. The van der Waals surface area contributed by atoms with E-state index in [0.29, 0.717) is 30.2 Å². The number of hydrazine groups is 1. The first-order valence-corrected chi connectivity index (χ1v) is 11.4. The van der Waals surface area contributed by atoms with Crippen LogP contribution < -0.4 is 5.43 Å². The normalized spacial score (nSPS) is 36.7. The van der Waals surface area contributed by atoms with Crippen LogP contribution in [-0.2, 0) is 9.59 Å². The zero-order chi connectivity index (χ0) is 20.0. The van der Waals surface area contributed by atoms with Gasteiger partial charge in [-0.25, -0.2) is 5.01 Å². The molecule has 1 N–H and O–H groups in total. The molecule has 6 heteroatoms. The minimum atomic E-state index is 0.132. The van der Waals surface area contributed by atoms with Crippen molar-refractivity contribution in [1.29, 1.82) is 0 Å². The van der Waals surface area contributed by atoms with Crippen molar-refractivity contribution in [3.05, 3.63) is 0 Å². The van der Waals surface area contributed by atoms with Crippen LogP contribution in [0.1, 0.15) is 59.8 Å². The summed E-state index contributed by atoms with van der Waals surface area (Å²) in [5.41, 5.74) is 3.59. The van der Waals surface area contributed by atoms with Crippen molar-refractivity contribution in [2.45, 2.75) is 77.9 Å². The van der Waals surface area contributed by atoms with E-state index in [1.54, 1.807) is 6.92 Å². The Morgan fingerprint density at radius 1 is 1.04 bits per heavy atom. The van der Waals surface area contributed by atoms with Gasteiger partial charge in [-0.1, -0.05) is 13.8 Å². The van der Waals surface area contributed by atoms with Gasteiger partial charge >= 0.3 is 0 Å². The van der Waals surface area contributed by atoms with Gasteiger partial charge in [-0.15, -0.1) is 0 Å². The minimum absolute atomic E-state index is 0.132. The van der Waals surface area contributed by atoms with Crippen molar-refractivity contribution >= 4 is 11.8 Å². The van der Waals surface area contributed by atoms with E-state index in [1.807, 2.05) is 0 Å². The molecule has 4 aliphatic rings. The second-order valence-corrected chi connectivity index (χ2v) is 10.2. The van der Waals surface area contributed by atoms with Gasteiger partial charge in [0.2, 0.25) is 11.8 Å². The maximum Gasteiger partial charge on any atom is 0.226 e. The first kappa shape index (κ1) is 20.1. The highest BCUT2D eigenvalue weighted by atomic mass is 16.2. The third-order valence-electron chi connectivity index (χ3n) is 7.37. The number of fused-ring (bicyclic) bond motifs is 1. The first-order chi connectivity index (χ1) is 13.3. The monoisotopic (exact) mass is 390 g/mol. The molecule has 2 saturated carbocycles. The predicted octanol–water partition coefficient (Wildman–Crippen LogP) is 2.11. The highest BCUT2D eigenvalue weighted by molar-refractivity contribution is 5.82. The molecule has 6 nitrogen and oxygen atoms in total. The number of rotatable bonds is 4. The second kappa shape index (κ2) is 7.94. The molecule has 0 bridgehead atoms. The number of nitrogens with one attached hydrogen (secondary N) is 1. The molecule has 4 unspecified atom stereocenters. The van der Waals surface area contributed by atoms with Gasteiger partial charge in [0.05, 0.1) is 12.1 Å². The molecule has 2 aliphatic heterocycles. The van der Waals surface area contributed by atoms with Crippen LogP contribution in [0.15, 0.2) is 0 Å². The predicted molar refractivity (Wildman–Crippen MR) is 109 cm³/mol. The molecule has 2 heterocycles. The van der Waals surface area contributed by atoms with Crippen LogP contribution in [0.4, 0.5) is 0 Å². The smallest absolute Gasteiger partial charge is 0.226 e. The lowest BCUT2D eigenvalue weighted by molar-refractivity contribution is -0.155. The summed E-state index contributed by atoms with van der Waals surface area (Å²) in [4.78, 5) is 29.7. The summed E-state index contributed by atoms with van der Waals surface area (Å²) < 4.78 is 0. The molecule has 2 amide bonds. The van der Waals surface area contributed by atoms with Crippen molar-refractivity contribution in [1.82, 2.24) is 20.2 Å². The number of nitrogens with zero attached hydrogens (tertiary/aromatic N) is 3. The van der Waals surface area contributed by atoms with Gasteiger partial charge in [0.1, 0.15) is 0 Å². The fourth-order valence-electron chi connectivity index (χ4n) is 6.00. The number of piperazine rings is 1. The average Bonchev–Trinajstić information content (AvgIpc) is 3.39. The van der Waals surface area contributed by atoms with Crippen LogP contribution in [0.3, 0.4) is 0 Å². The Balaban J connectivity index is 1.48. The lowest BCUT2D eigenvalue weighted by atomic mass is 9.73. The van der Waals surface area contributed by atoms with Crippen LogP contribution in [0, 0.1) is 23.7 Å². The van der Waals surface area contributed by atoms with Crippen molar-refractivity contribution in [2.75, 3.05) is 26.2 Å². The zero-order valence-electron chi connectivity index (χ0n) is 18.1. The molecule has 0 aromatic rings. The number of hydrogen-bond donors (Lipinski definition) is 1. The molecule has 0 radical (unpaired) electrons. The Morgan fingerprint density at radius 2 is 1.79 bits per heavy atom. The van der Waals surface area contributed by atoms with Gasteiger partial charge in [0, 0.05) is 45.1 Å². The van der Waals surface area contributed by atoms with Crippen LogP contribution in [0.2, 0.25) is 0 Å². The van der Waals surface area contributed by atoms with E-state index >= 15 is 0 Å². The highest BCUT2D eigenvalue weighted by Crippen LogP contribution is 2.41. The van der Waals surface area contributed by atoms with Crippen molar-refractivity contribution in [2.24, 2.45) is 23.7 Å². The third kappa shape index (κ3) is 3.95. The Hall–Kier alpha value is -1.14. The van der Waals surface area contributed by atoms with Crippen molar-refractivity contribution in [3.8, 4) is 0 Å².